The summed E-state index contributed by atoms with van der Waals surface area (Å²) in [7, 11) is 1.53. The van der Waals surface area contributed by atoms with E-state index in [1.54, 1.807) is 24.3 Å². The highest BCUT2D eigenvalue weighted by Crippen LogP contribution is 2.32. The zero-order chi connectivity index (χ0) is 25.8. The molecule has 0 unspecified atom stereocenters. The number of methoxy groups -OCH3 is 1. The highest BCUT2D eigenvalue weighted by molar-refractivity contribution is 8.15. The number of rotatable bonds is 7. The molecule has 1 aliphatic rings. The monoisotopic (exact) mass is 511 g/mol. The number of benzene rings is 2. The number of thioether (sulfide) groups is 1. The molecule has 0 radical (unpaired) electrons. The van der Waals surface area contributed by atoms with Crippen LogP contribution in [-0.4, -0.2) is 49.5 Å². The molecule has 2 aromatic carbocycles. The molecule has 186 valence electrons. The van der Waals surface area contributed by atoms with Gasteiger partial charge in [-0.05, 0) is 42.0 Å². The number of aromatic nitrogens is 2. The summed E-state index contributed by atoms with van der Waals surface area (Å²) in [5.41, 5.74) is -1.10. The summed E-state index contributed by atoms with van der Waals surface area (Å²) in [4.78, 5) is 57.6. The maximum Gasteiger partial charge on any atom is 0.328 e. The van der Waals surface area contributed by atoms with Gasteiger partial charge in [0.1, 0.15) is 28.4 Å². The third-order valence-corrected chi connectivity index (χ3v) is 6.30. The first kappa shape index (κ1) is 24.6. The van der Waals surface area contributed by atoms with E-state index in [0.29, 0.717) is 17.0 Å². The zero-order valence-corrected chi connectivity index (χ0v) is 19.6. The van der Waals surface area contributed by atoms with Gasteiger partial charge in [0.25, 0.3) is 5.56 Å². The number of hydrogen-bond donors (Lipinski definition) is 6. The number of nitrogens with zero attached hydrogens (tertiary/aromatic N) is 1. The van der Waals surface area contributed by atoms with Crippen molar-refractivity contribution in [3.8, 4) is 17.4 Å². The molecule has 13 heteroatoms. The third kappa shape index (κ3) is 5.58. The number of amidine groups is 1. The summed E-state index contributed by atoms with van der Waals surface area (Å²) in [5, 5.41) is 24.5. The number of carbonyl (C=O) groups is 2. The molecule has 0 aliphatic carbocycles. The number of aromatic amines is 2. The number of ether oxygens (including phenoxy) is 1. The Labute approximate surface area is 207 Å². The van der Waals surface area contributed by atoms with Crippen molar-refractivity contribution in [1.82, 2.24) is 15.3 Å². The summed E-state index contributed by atoms with van der Waals surface area (Å²) in [6.07, 6.45) is -0.143. The molecule has 4 rings (SSSR count). The smallest absolute Gasteiger partial charge is 0.328 e. The van der Waals surface area contributed by atoms with E-state index in [1.165, 1.54) is 31.4 Å². The van der Waals surface area contributed by atoms with E-state index in [1.807, 2.05) is 4.98 Å². The van der Waals surface area contributed by atoms with Crippen LogP contribution in [0.2, 0.25) is 0 Å². The van der Waals surface area contributed by atoms with Gasteiger partial charge in [-0.3, -0.25) is 24.4 Å². The minimum absolute atomic E-state index is 0.0313. The maximum absolute atomic E-state index is 12.5. The molecule has 2 atom stereocenters. The Balaban J connectivity index is 1.56. The topological polar surface area (TPSA) is 186 Å². The number of anilines is 1. The average Bonchev–Trinajstić information content (AvgIpc) is 3.17. The first-order valence-electron chi connectivity index (χ1n) is 10.6. The fraction of sp³-hybridized carbons (Fsp3) is 0.174. The third-order valence-electron chi connectivity index (χ3n) is 5.21. The predicted octanol–water partition coefficient (Wildman–Crippen LogP) is 1.19. The summed E-state index contributed by atoms with van der Waals surface area (Å²) < 4.78 is 5.08. The minimum atomic E-state index is -1.14. The Morgan fingerprint density at radius 3 is 2.42 bits per heavy atom. The molecule has 0 saturated carbocycles. The van der Waals surface area contributed by atoms with Gasteiger partial charge in [0.2, 0.25) is 17.7 Å². The van der Waals surface area contributed by atoms with Gasteiger partial charge in [-0.15, -0.1) is 0 Å². The van der Waals surface area contributed by atoms with Crippen LogP contribution in [0.1, 0.15) is 23.6 Å². The summed E-state index contributed by atoms with van der Waals surface area (Å²) in [6, 6.07) is 11.3. The van der Waals surface area contributed by atoms with Crippen molar-refractivity contribution in [2.75, 3.05) is 12.4 Å². The second kappa shape index (κ2) is 10.4. The molecular weight excluding hydrogens is 490 g/mol. The number of H-pyrrole nitrogens is 2. The Hall–Kier alpha value is -4.52. The quantitative estimate of drug-likeness (QED) is 0.273. The Morgan fingerprint density at radius 2 is 1.78 bits per heavy atom. The van der Waals surface area contributed by atoms with Crippen LogP contribution in [0, 0.1) is 0 Å². The van der Waals surface area contributed by atoms with Crippen molar-refractivity contribution in [1.29, 1.82) is 0 Å². The van der Waals surface area contributed by atoms with E-state index >= 15 is 0 Å². The van der Waals surface area contributed by atoms with Crippen molar-refractivity contribution in [2.24, 2.45) is 4.99 Å². The van der Waals surface area contributed by atoms with Crippen LogP contribution in [0.4, 0.5) is 5.69 Å². The Kier molecular flexibility index (Phi) is 7.10. The first-order chi connectivity index (χ1) is 17.2. The predicted molar refractivity (Wildman–Crippen MR) is 132 cm³/mol. The number of phenolic OH excluding ortho intramolecular Hbond substituents is 1. The van der Waals surface area contributed by atoms with Crippen molar-refractivity contribution < 1.29 is 24.5 Å². The summed E-state index contributed by atoms with van der Waals surface area (Å²) >= 11 is 0.993. The lowest BCUT2D eigenvalue weighted by Crippen LogP contribution is -2.29. The van der Waals surface area contributed by atoms with Gasteiger partial charge < -0.3 is 25.6 Å². The van der Waals surface area contributed by atoms with Gasteiger partial charge in [-0.2, -0.15) is 0 Å². The average molecular weight is 512 g/mol. The van der Waals surface area contributed by atoms with Crippen molar-refractivity contribution in [2.45, 2.75) is 17.7 Å². The lowest BCUT2D eigenvalue weighted by Gasteiger charge is -2.14. The second-order valence-electron chi connectivity index (χ2n) is 7.68. The fourth-order valence-corrected chi connectivity index (χ4v) is 4.47. The van der Waals surface area contributed by atoms with Crippen molar-refractivity contribution in [3.63, 3.8) is 0 Å². The van der Waals surface area contributed by atoms with Gasteiger partial charge in [-0.25, -0.2) is 9.79 Å². The lowest BCUT2D eigenvalue weighted by molar-refractivity contribution is -0.122. The molecule has 3 aromatic rings. The van der Waals surface area contributed by atoms with E-state index < -0.39 is 34.3 Å². The molecule has 0 spiro atoms. The van der Waals surface area contributed by atoms with E-state index in [4.69, 9.17) is 4.74 Å². The molecule has 2 heterocycles. The van der Waals surface area contributed by atoms with E-state index in [-0.39, 0.29) is 28.8 Å². The molecule has 12 nitrogen and oxygen atoms in total. The number of amides is 2. The number of aromatic hydroxyl groups is 2. The van der Waals surface area contributed by atoms with Gasteiger partial charge >= 0.3 is 5.69 Å². The molecule has 1 fully saturated rings. The number of phenols is 1. The van der Waals surface area contributed by atoms with E-state index in [2.05, 4.69) is 20.6 Å². The van der Waals surface area contributed by atoms with Crippen LogP contribution < -0.4 is 26.6 Å². The number of carbonyl (C=O) groups excluding carboxylic acids is 2. The molecule has 36 heavy (non-hydrogen) atoms. The lowest BCUT2D eigenvalue weighted by atomic mass is 10.0. The molecule has 1 aromatic heterocycles. The van der Waals surface area contributed by atoms with Crippen LogP contribution >= 0.6 is 11.8 Å². The normalized spacial score (nSPS) is 17.0. The SMILES string of the molecule is COc1ccc(NC(=O)C[C@@H]2SC(=N[C@H](c3ccc(O)cc3)c3c(O)[nH]c(=O)[nH]c3=O)NC2=O)cc1. The van der Waals surface area contributed by atoms with Crippen molar-refractivity contribution >= 4 is 34.4 Å². The van der Waals surface area contributed by atoms with Crippen molar-refractivity contribution in [3.05, 3.63) is 80.5 Å². The van der Waals surface area contributed by atoms with Gasteiger partial charge in [0.05, 0.1) is 7.11 Å². The van der Waals surface area contributed by atoms with Crippen LogP contribution in [-0.2, 0) is 9.59 Å². The Bertz CT molecular complexity index is 1430. The minimum Gasteiger partial charge on any atom is -0.508 e. The molecule has 1 saturated heterocycles. The fourth-order valence-electron chi connectivity index (χ4n) is 3.47. The number of hydrogen-bond acceptors (Lipinski definition) is 9. The summed E-state index contributed by atoms with van der Waals surface area (Å²) in [5.74, 6) is -0.922. The highest BCUT2D eigenvalue weighted by Gasteiger charge is 2.33. The molecular formula is C23H21N5O7S. The number of aliphatic imine (C=N–C) groups is 1. The largest absolute Gasteiger partial charge is 0.508 e. The van der Waals surface area contributed by atoms with E-state index in [0.717, 1.165) is 11.8 Å². The van der Waals surface area contributed by atoms with Crippen LogP contribution in [0.15, 0.2) is 63.1 Å². The maximum atomic E-state index is 12.5. The standard InChI is InChI=1S/C23H21N5O7S/c1-35-14-8-4-12(5-9-14)24-16(30)10-15-19(31)28-23(36-15)25-18(11-2-6-13(29)7-3-11)17-20(32)26-22(34)27-21(17)33/h2-9,15,18,29H,10H2,1H3,(H,24,30)(H,25,28,31)(H3,26,27,32,33,34)/t15-,18+/m0/s1. The van der Waals surface area contributed by atoms with Gasteiger partial charge in [0.15, 0.2) is 5.17 Å². The zero-order valence-electron chi connectivity index (χ0n) is 18.8. The Morgan fingerprint density at radius 1 is 1.08 bits per heavy atom. The molecule has 6 N–H and O–H groups in total. The van der Waals surface area contributed by atoms with E-state index in [9.17, 15) is 29.4 Å². The van der Waals surface area contributed by atoms with Gasteiger partial charge in [-0.1, -0.05) is 23.9 Å². The first-order valence-corrected chi connectivity index (χ1v) is 11.4. The second-order valence-corrected chi connectivity index (χ2v) is 8.87. The van der Waals surface area contributed by atoms with Crippen LogP contribution in [0.5, 0.6) is 17.4 Å². The molecule has 1 aliphatic heterocycles. The van der Waals surface area contributed by atoms with Gasteiger partial charge in [0, 0.05) is 12.1 Å². The van der Waals surface area contributed by atoms with Crippen LogP contribution in [0.25, 0.3) is 0 Å². The summed E-state index contributed by atoms with van der Waals surface area (Å²) in [6.45, 7) is 0. The molecule has 0 bridgehead atoms. The number of nitrogens with one attached hydrogen (secondary N) is 4. The van der Waals surface area contributed by atoms with Crippen LogP contribution in [0.3, 0.4) is 0 Å². The highest BCUT2D eigenvalue weighted by atomic mass is 32.2. The molecule has 2 amide bonds.